The molecule has 5 bridgehead atoms. The number of hydrogen-bond acceptors (Lipinski definition) is 14. The topological polar surface area (TPSA) is 214 Å². The van der Waals surface area contributed by atoms with Gasteiger partial charge in [0.25, 0.3) is 17.6 Å². The number of hydrazine groups is 1. The summed E-state index contributed by atoms with van der Waals surface area (Å²) in [4.78, 5) is 54.1. The summed E-state index contributed by atoms with van der Waals surface area (Å²) in [5, 5.41) is 51.7. The number of unbranched alkanes of at least 4 members (excludes halogenated alkanes) is 1. The second-order valence-corrected chi connectivity index (χ2v) is 16.4. The lowest BCUT2D eigenvalue weighted by atomic mass is 9.78. The summed E-state index contributed by atoms with van der Waals surface area (Å²) in [6.07, 6.45) is 5.14. The number of benzene rings is 2. The monoisotopic (exact) mass is 853 g/mol. The molecule has 2 amide bonds. The molecular weight excluding hydrogens is 791 g/mol. The molecular formula is C45H63N3O13. The number of nitrogens with one attached hydrogen (secondary N) is 1. The molecule has 2 aromatic rings. The first-order chi connectivity index (χ1) is 28.6. The van der Waals surface area contributed by atoms with E-state index in [1.807, 2.05) is 6.92 Å². The van der Waals surface area contributed by atoms with Gasteiger partial charge in [0, 0.05) is 87.9 Å². The Morgan fingerprint density at radius 2 is 1.64 bits per heavy atom. The number of esters is 1. The molecule has 0 aliphatic carbocycles. The number of ether oxygens (including phenoxy) is 5. The third-order valence-corrected chi connectivity index (χ3v) is 11.7. The predicted molar refractivity (Wildman–Crippen MR) is 228 cm³/mol. The minimum Gasteiger partial charge on any atom is -0.507 e. The van der Waals surface area contributed by atoms with Crippen LogP contribution in [-0.4, -0.2) is 119 Å². The molecule has 3 heterocycles. The number of Topliss-reactive ketones (excluding diaryl/α,β-unsaturated/α-hetero) is 1. The zero-order chi connectivity index (χ0) is 45.7. The Bertz CT molecular complexity index is 2060. The second-order valence-electron chi connectivity index (χ2n) is 16.4. The van der Waals surface area contributed by atoms with Gasteiger partial charge in [0.05, 0.1) is 41.2 Å². The van der Waals surface area contributed by atoms with Crippen molar-refractivity contribution in [1.29, 1.82) is 0 Å². The van der Waals surface area contributed by atoms with Crippen LogP contribution in [0.15, 0.2) is 42.2 Å². The maximum atomic E-state index is 14.6. The Balaban J connectivity index is 1.94. The second kappa shape index (κ2) is 20.1. The maximum Gasteiger partial charge on any atom is 0.312 e. The van der Waals surface area contributed by atoms with Crippen LogP contribution in [0.3, 0.4) is 0 Å². The zero-order valence-corrected chi connectivity index (χ0v) is 37.3. The number of carbonyl (C=O) groups is 4. The summed E-state index contributed by atoms with van der Waals surface area (Å²) >= 11 is 0. The molecule has 5 rings (SSSR count). The molecule has 0 spiro atoms. The number of fused-ring (bicyclic) bond motifs is 14. The van der Waals surface area contributed by atoms with E-state index in [4.69, 9.17) is 23.7 Å². The van der Waals surface area contributed by atoms with Gasteiger partial charge in [0.1, 0.15) is 23.4 Å². The number of amides is 2. The van der Waals surface area contributed by atoms with E-state index in [-0.39, 0.29) is 44.7 Å². The number of nitrogens with zero attached hydrogens (tertiary/aromatic N) is 2. The molecule has 0 saturated heterocycles. The summed E-state index contributed by atoms with van der Waals surface area (Å²) in [5.74, 6) is -8.13. The highest BCUT2D eigenvalue weighted by Crippen LogP contribution is 2.54. The van der Waals surface area contributed by atoms with Crippen LogP contribution in [0.4, 0.5) is 5.69 Å². The fourth-order valence-electron chi connectivity index (χ4n) is 7.82. The lowest BCUT2D eigenvalue weighted by Crippen LogP contribution is -2.46. The molecule has 2 aromatic carbocycles. The van der Waals surface area contributed by atoms with Crippen molar-refractivity contribution in [3.63, 3.8) is 0 Å². The Kier molecular flexibility index (Phi) is 16.0. The van der Waals surface area contributed by atoms with Gasteiger partial charge in [-0.05, 0) is 26.3 Å². The van der Waals surface area contributed by atoms with Crippen molar-refractivity contribution < 1.29 is 63.3 Å². The maximum absolute atomic E-state index is 14.6. The molecule has 336 valence electrons. The van der Waals surface area contributed by atoms with Crippen LogP contribution >= 0.6 is 0 Å². The first-order valence-corrected chi connectivity index (χ1v) is 20.6. The fourth-order valence-corrected chi connectivity index (χ4v) is 7.82. The number of phenols is 2. The molecule has 0 aromatic heterocycles. The van der Waals surface area contributed by atoms with Crippen molar-refractivity contribution in [2.24, 2.45) is 23.7 Å². The Morgan fingerprint density at radius 3 is 2.25 bits per heavy atom. The fraction of sp³-hybridized carbons (Fsp3) is 0.556. The highest BCUT2D eigenvalue weighted by atomic mass is 16.7. The predicted octanol–water partition coefficient (Wildman–Crippen LogP) is 5.53. The number of rotatable bonds is 9. The van der Waals surface area contributed by atoms with Gasteiger partial charge < -0.3 is 49.4 Å². The van der Waals surface area contributed by atoms with Crippen molar-refractivity contribution in [3.05, 3.63) is 53.3 Å². The van der Waals surface area contributed by atoms with Gasteiger partial charge in [-0.3, -0.25) is 24.2 Å². The highest BCUT2D eigenvalue weighted by molar-refractivity contribution is 6.21. The minimum atomic E-state index is -2.03. The lowest BCUT2D eigenvalue weighted by Gasteiger charge is -2.38. The number of aliphatic hydroxyl groups excluding tert-OH is 2. The number of methoxy groups -OCH3 is 1. The summed E-state index contributed by atoms with van der Waals surface area (Å²) < 4.78 is 29.9. The number of anilines is 1. The summed E-state index contributed by atoms with van der Waals surface area (Å²) in [6, 6.07) is 1.27. The average molecular weight is 854 g/mol. The molecule has 0 fully saturated rings. The van der Waals surface area contributed by atoms with Crippen LogP contribution < -0.4 is 14.8 Å². The summed E-state index contributed by atoms with van der Waals surface area (Å²) in [7, 11) is 4.88. The minimum absolute atomic E-state index is 0.0628. The number of carbonyl (C=O) groups excluding carboxylic acids is 4. The van der Waals surface area contributed by atoms with Gasteiger partial charge >= 0.3 is 11.8 Å². The average Bonchev–Trinajstić information content (AvgIpc) is 3.47. The van der Waals surface area contributed by atoms with Gasteiger partial charge in [-0.25, -0.2) is 5.01 Å². The Morgan fingerprint density at radius 1 is 0.967 bits per heavy atom. The first kappa shape index (κ1) is 48.5. The van der Waals surface area contributed by atoms with Crippen LogP contribution in [-0.2, 0) is 28.6 Å². The number of aromatic hydroxyl groups is 2. The van der Waals surface area contributed by atoms with E-state index >= 15 is 0 Å². The van der Waals surface area contributed by atoms with Gasteiger partial charge in [-0.15, -0.1) is 0 Å². The van der Waals surface area contributed by atoms with Gasteiger partial charge in [0.15, 0.2) is 12.4 Å². The zero-order valence-electron chi connectivity index (χ0n) is 37.3. The molecule has 3 aliphatic heterocycles. The number of phenolic OH excluding ortho intramolecular Hbond substituents is 2. The lowest BCUT2D eigenvalue weighted by molar-refractivity contribution is -0.160. The number of hydrogen-bond donors (Lipinski definition) is 5. The molecule has 0 saturated carbocycles. The van der Waals surface area contributed by atoms with Crippen LogP contribution in [0.1, 0.15) is 84.2 Å². The van der Waals surface area contributed by atoms with E-state index in [1.165, 1.54) is 64.3 Å². The van der Waals surface area contributed by atoms with E-state index in [9.17, 15) is 39.6 Å². The Labute approximate surface area is 357 Å². The quantitative estimate of drug-likeness (QED) is 0.119. The first-order valence-electron chi connectivity index (χ1n) is 20.6. The molecule has 61 heavy (non-hydrogen) atoms. The van der Waals surface area contributed by atoms with Crippen LogP contribution in [0.25, 0.3) is 10.8 Å². The number of aliphatic hydroxyl groups is 2. The molecule has 0 radical (unpaired) electrons. The molecule has 9 unspecified atom stereocenters. The van der Waals surface area contributed by atoms with Crippen molar-refractivity contribution in [2.75, 3.05) is 39.7 Å². The number of allylic oxidation sites excluding steroid dienone is 2. The van der Waals surface area contributed by atoms with Crippen molar-refractivity contribution in [3.8, 4) is 23.0 Å². The van der Waals surface area contributed by atoms with E-state index in [2.05, 4.69) is 5.32 Å². The van der Waals surface area contributed by atoms with Gasteiger partial charge in [0.2, 0.25) is 0 Å². The third-order valence-electron chi connectivity index (χ3n) is 11.7. The smallest absolute Gasteiger partial charge is 0.312 e. The highest BCUT2D eigenvalue weighted by Gasteiger charge is 2.50. The van der Waals surface area contributed by atoms with Crippen molar-refractivity contribution >= 4 is 40.0 Å². The molecule has 3 aliphatic rings. The molecule has 9 atom stereocenters. The van der Waals surface area contributed by atoms with E-state index in [0.717, 1.165) is 12.8 Å². The third kappa shape index (κ3) is 10.3. The van der Waals surface area contributed by atoms with Gasteiger partial charge in [-0.1, -0.05) is 59.3 Å². The number of ketones is 1. The van der Waals surface area contributed by atoms with Crippen molar-refractivity contribution in [1.82, 2.24) is 10.0 Å². The van der Waals surface area contributed by atoms with Crippen LogP contribution in [0.5, 0.6) is 23.0 Å². The van der Waals surface area contributed by atoms with E-state index in [1.54, 1.807) is 59.0 Å². The van der Waals surface area contributed by atoms with E-state index < -0.39 is 95.5 Å². The standard InChI is InChI=1S/C45H63N3O13/c1-13-14-19-48(47(10)11)33(50)22-58-32-21-30-40(54)35-34(32)36-42(28(7)39(35)53)61-45(9,43(36)55)59-20-18-31(57-12)25(4)41(60-29(8)49)27(6)38(52)26(5)37(51)23(2)16-15-17-24(3)44(56)46-30/h15-18,20-21,23,25-27,31,37-38,41,51-54H,13-14,19,22H2,1-12H3,(H,46,56)/b16-15-,20-18-,24-17+. The summed E-state index contributed by atoms with van der Waals surface area (Å²) in [5.41, 5.74) is -0.0304. The molecule has 16 nitrogen and oxygen atoms in total. The largest absolute Gasteiger partial charge is 0.507 e. The van der Waals surface area contributed by atoms with E-state index in [0.29, 0.717) is 6.54 Å². The van der Waals surface area contributed by atoms with Crippen molar-refractivity contribution in [2.45, 2.75) is 105 Å². The molecule has 5 N–H and O–H groups in total. The normalized spacial score (nSPS) is 29.3. The summed E-state index contributed by atoms with van der Waals surface area (Å²) in [6.45, 7) is 14.5. The van der Waals surface area contributed by atoms with Crippen LogP contribution in [0, 0.1) is 30.6 Å². The SMILES string of the molecule is CCCCN(C(=O)COc1cc2c(O)c3c(O)c(C)c4c(c13)C(=O)C(C)(O/C=C\C(OC)C(C)C(OC(C)=O)C(C)C(O)C(C)C(O)C(C)/C=C\C=C(/C)C(=O)N2)O4)N(C)C. The Hall–Kier alpha value is -5.16. The molecule has 16 heteroatoms. The van der Waals surface area contributed by atoms with Gasteiger partial charge in [-0.2, -0.15) is 0 Å². The van der Waals surface area contributed by atoms with Crippen LogP contribution in [0.2, 0.25) is 0 Å².